The molecule has 1 aliphatic rings. The van der Waals surface area contributed by atoms with E-state index in [2.05, 4.69) is 47.1 Å². The Kier molecular flexibility index (Phi) is 5.36. The largest absolute Gasteiger partial charge is 0.460 e. The molecular weight excluding hydrogens is 368 g/mol. The molecule has 0 saturated carbocycles. The monoisotopic (exact) mass is 388 g/mol. The Labute approximate surface area is 151 Å². The van der Waals surface area contributed by atoms with Gasteiger partial charge in [-0.1, -0.05) is 53.5 Å². The lowest BCUT2D eigenvalue weighted by Gasteiger charge is -2.28. The lowest BCUT2D eigenvalue weighted by molar-refractivity contribution is -0.148. The first-order chi connectivity index (χ1) is 11.7. The minimum Gasteiger partial charge on any atom is -0.460 e. The second-order valence-corrected chi connectivity index (χ2v) is 6.98. The van der Waals surface area contributed by atoms with Gasteiger partial charge in [-0.05, 0) is 46.4 Å². The van der Waals surface area contributed by atoms with E-state index in [4.69, 9.17) is 9.47 Å². The second-order valence-electron chi connectivity index (χ2n) is 6.06. The van der Waals surface area contributed by atoms with Gasteiger partial charge in [0.2, 0.25) is 0 Å². The molecule has 3 nitrogen and oxygen atoms in total. The van der Waals surface area contributed by atoms with Crippen molar-refractivity contribution in [1.82, 2.24) is 0 Å². The van der Waals surface area contributed by atoms with Crippen molar-refractivity contribution in [2.75, 3.05) is 7.11 Å². The van der Waals surface area contributed by atoms with Gasteiger partial charge in [-0.25, -0.2) is 0 Å². The zero-order chi connectivity index (χ0) is 17.1. The van der Waals surface area contributed by atoms with Crippen LogP contribution in [0.2, 0.25) is 0 Å². The average molecular weight is 389 g/mol. The summed E-state index contributed by atoms with van der Waals surface area (Å²) in [6.07, 6.45) is 1.74. The molecule has 2 aromatic rings. The number of ether oxygens (including phenoxy) is 2. The number of carbonyl (C=O) groups is 1. The van der Waals surface area contributed by atoms with Gasteiger partial charge in [0.05, 0.1) is 12.5 Å². The first kappa shape index (κ1) is 17.2. The molecule has 0 N–H and O–H groups in total. The summed E-state index contributed by atoms with van der Waals surface area (Å²) in [6.45, 7) is 2.97. The molecule has 1 aliphatic heterocycles. The van der Waals surface area contributed by atoms with Crippen molar-refractivity contribution in [2.24, 2.45) is 0 Å². The molecule has 0 aromatic heterocycles. The van der Waals surface area contributed by atoms with E-state index in [0.29, 0.717) is 13.2 Å². The third kappa shape index (κ3) is 3.26. The number of methoxy groups -OCH3 is 1. The molecular formula is C20H21BrO3. The van der Waals surface area contributed by atoms with Crippen LogP contribution in [0.1, 0.15) is 42.4 Å². The van der Waals surface area contributed by atoms with E-state index in [1.165, 1.54) is 0 Å². The van der Waals surface area contributed by atoms with Crippen LogP contribution < -0.4 is 0 Å². The first-order valence-corrected chi connectivity index (χ1v) is 9.01. The average Bonchev–Trinajstić information content (AvgIpc) is 2.59. The summed E-state index contributed by atoms with van der Waals surface area (Å²) in [6, 6.07) is 12.4. The number of esters is 1. The predicted molar refractivity (Wildman–Crippen MR) is 97.7 cm³/mol. The molecule has 0 aliphatic carbocycles. The van der Waals surface area contributed by atoms with Gasteiger partial charge >= 0.3 is 5.97 Å². The highest BCUT2D eigenvalue weighted by molar-refractivity contribution is 9.10. The molecule has 1 heterocycles. The molecule has 1 atom stereocenters. The summed E-state index contributed by atoms with van der Waals surface area (Å²) in [7, 11) is 1.70. The van der Waals surface area contributed by atoms with Gasteiger partial charge in [-0.15, -0.1) is 0 Å². The summed E-state index contributed by atoms with van der Waals surface area (Å²) in [5.41, 5.74) is 5.56. The SMILES string of the molecule is CCC[C@H]1C(=O)OCc2ccc(COC)c(-c3ccc(Br)cc3)c21. The Hall–Kier alpha value is -1.65. The molecule has 126 valence electrons. The molecule has 0 amide bonds. The summed E-state index contributed by atoms with van der Waals surface area (Å²) >= 11 is 3.49. The molecule has 2 aromatic carbocycles. The third-order valence-corrected chi connectivity index (χ3v) is 4.96. The Bertz CT molecular complexity index is 737. The zero-order valence-corrected chi connectivity index (χ0v) is 15.6. The maximum atomic E-state index is 12.4. The number of fused-ring (bicyclic) bond motifs is 1. The van der Waals surface area contributed by atoms with Crippen LogP contribution in [0.5, 0.6) is 0 Å². The standard InChI is InChI=1S/C20H21BrO3/c1-3-4-17-19-15(12-24-20(17)22)6-5-14(11-23-2)18(19)13-7-9-16(21)10-8-13/h5-10,17H,3-4,11-12H2,1-2H3/t17-/m1/s1. The molecule has 3 rings (SSSR count). The van der Waals surface area contributed by atoms with Gasteiger partial charge in [0.15, 0.2) is 0 Å². The van der Waals surface area contributed by atoms with Crippen LogP contribution in [-0.2, 0) is 27.5 Å². The smallest absolute Gasteiger partial charge is 0.313 e. The van der Waals surface area contributed by atoms with Crippen molar-refractivity contribution in [2.45, 2.75) is 38.9 Å². The van der Waals surface area contributed by atoms with Crippen molar-refractivity contribution in [3.8, 4) is 11.1 Å². The number of halogens is 1. The van der Waals surface area contributed by atoms with E-state index in [1.807, 2.05) is 12.1 Å². The number of rotatable bonds is 5. The highest BCUT2D eigenvalue weighted by Gasteiger charge is 2.32. The van der Waals surface area contributed by atoms with Crippen LogP contribution in [0.4, 0.5) is 0 Å². The van der Waals surface area contributed by atoms with Gasteiger partial charge in [0.25, 0.3) is 0 Å². The minimum atomic E-state index is -0.200. The van der Waals surface area contributed by atoms with E-state index in [-0.39, 0.29) is 11.9 Å². The first-order valence-electron chi connectivity index (χ1n) is 8.21. The van der Waals surface area contributed by atoms with E-state index < -0.39 is 0 Å². The maximum Gasteiger partial charge on any atom is 0.313 e. The molecule has 0 saturated heterocycles. The lowest BCUT2D eigenvalue weighted by atomic mass is 9.81. The van der Waals surface area contributed by atoms with Gasteiger partial charge in [-0.2, -0.15) is 0 Å². The topological polar surface area (TPSA) is 35.5 Å². The van der Waals surface area contributed by atoms with Crippen molar-refractivity contribution in [1.29, 1.82) is 0 Å². The minimum absolute atomic E-state index is 0.114. The van der Waals surface area contributed by atoms with Crippen molar-refractivity contribution < 1.29 is 14.3 Å². The van der Waals surface area contributed by atoms with Gasteiger partial charge in [0, 0.05) is 11.6 Å². The fourth-order valence-corrected chi connectivity index (χ4v) is 3.65. The molecule has 0 spiro atoms. The van der Waals surface area contributed by atoms with Gasteiger partial charge in [-0.3, -0.25) is 4.79 Å². The van der Waals surface area contributed by atoms with Crippen LogP contribution in [0, 0.1) is 0 Å². The number of cyclic esters (lactones) is 1. The number of carbonyl (C=O) groups excluding carboxylic acids is 1. The highest BCUT2D eigenvalue weighted by Crippen LogP contribution is 2.41. The van der Waals surface area contributed by atoms with E-state index in [0.717, 1.165) is 45.1 Å². The van der Waals surface area contributed by atoms with Crippen molar-refractivity contribution in [3.63, 3.8) is 0 Å². The van der Waals surface area contributed by atoms with Crippen LogP contribution >= 0.6 is 15.9 Å². The third-order valence-electron chi connectivity index (χ3n) is 4.44. The van der Waals surface area contributed by atoms with Crippen LogP contribution in [0.25, 0.3) is 11.1 Å². The Morgan fingerprint density at radius 3 is 2.62 bits per heavy atom. The van der Waals surface area contributed by atoms with Gasteiger partial charge in [0.1, 0.15) is 6.61 Å². The van der Waals surface area contributed by atoms with Crippen LogP contribution in [-0.4, -0.2) is 13.1 Å². The van der Waals surface area contributed by atoms with Crippen molar-refractivity contribution >= 4 is 21.9 Å². The van der Waals surface area contributed by atoms with E-state index in [1.54, 1.807) is 7.11 Å². The van der Waals surface area contributed by atoms with Gasteiger partial charge < -0.3 is 9.47 Å². The molecule has 24 heavy (non-hydrogen) atoms. The summed E-state index contributed by atoms with van der Waals surface area (Å²) < 4.78 is 11.8. The summed E-state index contributed by atoms with van der Waals surface area (Å²) in [4.78, 5) is 12.4. The second kappa shape index (κ2) is 7.49. The van der Waals surface area contributed by atoms with Crippen LogP contribution in [0.15, 0.2) is 40.9 Å². The van der Waals surface area contributed by atoms with Crippen molar-refractivity contribution in [3.05, 3.63) is 57.6 Å². The Balaban J connectivity index is 2.23. The normalized spacial score (nSPS) is 16.6. The number of hydrogen-bond donors (Lipinski definition) is 0. The van der Waals surface area contributed by atoms with Crippen LogP contribution in [0.3, 0.4) is 0 Å². The Morgan fingerprint density at radius 1 is 1.21 bits per heavy atom. The van der Waals surface area contributed by atoms with E-state index in [9.17, 15) is 4.79 Å². The van der Waals surface area contributed by atoms with E-state index >= 15 is 0 Å². The quantitative estimate of drug-likeness (QED) is 0.660. The molecule has 0 radical (unpaired) electrons. The lowest BCUT2D eigenvalue weighted by Crippen LogP contribution is -2.24. The zero-order valence-electron chi connectivity index (χ0n) is 14.0. The predicted octanol–water partition coefficient (Wildman–Crippen LogP) is 5.20. The number of benzene rings is 2. The Morgan fingerprint density at radius 2 is 1.96 bits per heavy atom. The molecule has 0 unspecified atom stereocenters. The maximum absolute atomic E-state index is 12.4. The molecule has 4 heteroatoms. The molecule has 0 bridgehead atoms. The fourth-order valence-electron chi connectivity index (χ4n) is 3.38. The summed E-state index contributed by atoms with van der Waals surface area (Å²) in [5, 5.41) is 0. The fraction of sp³-hybridized carbons (Fsp3) is 0.350. The summed E-state index contributed by atoms with van der Waals surface area (Å²) in [5.74, 6) is -0.313. The number of hydrogen-bond acceptors (Lipinski definition) is 3. The molecule has 0 fully saturated rings. The highest BCUT2D eigenvalue weighted by atomic mass is 79.9.